The number of rotatable bonds is 4. The average molecular weight is 268 g/mol. The third-order valence-corrected chi connectivity index (χ3v) is 2.13. The lowest BCUT2D eigenvalue weighted by Gasteiger charge is -2.09. The standard InChI is InChI=1S/C10H9ClF3NO2/c1-2-17-8(16)4-6-5(9(12)13)3-7(11)15-10(6)14/h3,9H,2,4H2,1H3. The molecule has 0 saturated carbocycles. The van der Waals surface area contributed by atoms with Gasteiger partial charge in [-0.3, -0.25) is 4.79 Å². The summed E-state index contributed by atoms with van der Waals surface area (Å²) in [6.07, 6.45) is -3.53. The van der Waals surface area contributed by atoms with Crippen molar-refractivity contribution in [1.29, 1.82) is 0 Å². The Labute approximate surface area is 101 Å². The SMILES string of the molecule is CCOC(=O)Cc1c(C(F)F)cc(Cl)nc1F. The van der Waals surface area contributed by atoms with Gasteiger partial charge in [0.25, 0.3) is 6.43 Å². The zero-order chi connectivity index (χ0) is 13.0. The Morgan fingerprint density at radius 1 is 1.59 bits per heavy atom. The maximum Gasteiger partial charge on any atom is 0.310 e. The molecule has 1 rings (SSSR count). The van der Waals surface area contributed by atoms with Crippen LogP contribution in [-0.2, 0) is 16.0 Å². The van der Waals surface area contributed by atoms with Crippen molar-refractivity contribution in [2.24, 2.45) is 0 Å². The predicted octanol–water partition coefficient (Wildman–Crippen LogP) is 2.92. The fourth-order valence-corrected chi connectivity index (χ4v) is 1.45. The number of alkyl halides is 2. The maximum absolute atomic E-state index is 13.3. The summed E-state index contributed by atoms with van der Waals surface area (Å²) in [5, 5.41) is -0.384. The molecule has 0 saturated heterocycles. The van der Waals surface area contributed by atoms with Crippen molar-refractivity contribution in [2.75, 3.05) is 6.61 Å². The molecule has 7 heteroatoms. The first kappa shape index (κ1) is 13.8. The first-order valence-electron chi connectivity index (χ1n) is 4.74. The Bertz CT molecular complexity index is 426. The topological polar surface area (TPSA) is 39.2 Å². The molecule has 0 aliphatic heterocycles. The smallest absolute Gasteiger partial charge is 0.310 e. The minimum absolute atomic E-state index is 0.0888. The number of ether oxygens (including phenoxy) is 1. The molecule has 0 aliphatic carbocycles. The fraction of sp³-hybridized carbons (Fsp3) is 0.400. The predicted molar refractivity (Wildman–Crippen MR) is 54.5 cm³/mol. The van der Waals surface area contributed by atoms with E-state index in [4.69, 9.17) is 11.6 Å². The summed E-state index contributed by atoms with van der Waals surface area (Å²) in [5.41, 5.74) is -1.13. The van der Waals surface area contributed by atoms with Gasteiger partial charge in [0.05, 0.1) is 13.0 Å². The summed E-state index contributed by atoms with van der Waals surface area (Å²) in [6.45, 7) is 1.65. The number of halogens is 4. The molecule has 17 heavy (non-hydrogen) atoms. The zero-order valence-electron chi connectivity index (χ0n) is 8.84. The van der Waals surface area contributed by atoms with Gasteiger partial charge in [0.2, 0.25) is 5.95 Å². The van der Waals surface area contributed by atoms with Crippen LogP contribution in [0.1, 0.15) is 24.5 Å². The van der Waals surface area contributed by atoms with E-state index >= 15 is 0 Å². The highest BCUT2D eigenvalue weighted by Crippen LogP contribution is 2.27. The van der Waals surface area contributed by atoms with E-state index in [0.29, 0.717) is 0 Å². The molecule has 0 unspecified atom stereocenters. The largest absolute Gasteiger partial charge is 0.466 e. The van der Waals surface area contributed by atoms with Crippen molar-refractivity contribution < 1.29 is 22.7 Å². The fourth-order valence-electron chi connectivity index (χ4n) is 1.25. The van der Waals surface area contributed by atoms with Gasteiger partial charge >= 0.3 is 5.97 Å². The third kappa shape index (κ3) is 3.59. The molecule has 0 atom stereocenters. The van der Waals surface area contributed by atoms with Crippen LogP contribution in [0, 0.1) is 5.95 Å². The third-order valence-electron chi connectivity index (χ3n) is 1.94. The lowest BCUT2D eigenvalue weighted by atomic mass is 10.1. The molecule has 94 valence electrons. The second-order valence-corrected chi connectivity index (χ2v) is 3.47. The molecule has 0 radical (unpaired) electrons. The van der Waals surface area contributed by atoms with Crippen LogP contribution in [0.2, 0.25) is 5.15 Å². The summed E-state index contributed by atoms with van der Waals surface area (Å²) >= 11 is 5.36. The Morgan fingerprint density at radius 2 is 2.24 bits per heavy atom. The minimum atomic E-state index is -2.94. The van der Waals surface area contributed by atoms with Crippen LogP contribution in [0.5, 0.6) is 0 Å². The quantitative estimate of drug-likeness (QED) is 0.622. The normalized spacial score (nSPS) is 10.7. The lowest BCUT2D eigenvalue weighted by molar-refractivity contribution is -0.142. The molecule has 0 aliphatic rings. The number of nitrogens with zero attached hydrogens (tertiary/aromatic N) is 1. The van der Waals surface area contributed by atoms with E-state index in [1.54, 1.807) is 6.92 Å². The van der Waals surface area contributed by atoms with Crippen molar-refractivity contribution in [3.05, 3.63) is 28.3 Å². The van der Waals surface area contributed by atoms with E-state index in [0.717, 1.165) is 6.07 Å². The molecular formula is C10H9ClF3NO2. The van der Waals surface area contributed by atoms with Gasteiger partial charge < -0.3 is 4.74 Å². The summed E-state index contributed by atoms with van der Waals surface area (Å²) in [6, 6.07) is 0.837. The molecule has 1 aromatic rings. The van der Waals surface area contributed by atoms with Gasteiger partial charge in [0.15, 0.2) is 0 Å². The van der Waals surface area contributed by atoms with Gasteiger partial charge in [-0.05, 0) is 13.0 Å². The van der Waals surface area contributed by atoms with Crippen LogP contribution in [0.25, 0.3) is 0 Å². The molecule has 0 spiro atoms. The number of hydrogen-bond acceptors (Lipinski definition) is 3. The molecule has 1 heterocycles. The summed E-state index contributed by atoms with van der Waals surface area (Å²) in [7, 11) is 0. The number of carbonyl (C=O) groups is 1. The molecule has 0 fully saturated rings. The Balaban J connectivity index is 3.08. The van der Waals surface area contributed by atoms with Crippen molar-refractivity contribution in [1.82, 2.24) is 4.98 Å². The van der Waals surface area contributed by atoms with E-state index < -0.39 is 35.9 Å². The Hall–Kier alpha value is -1.30. The number of hydrogen-bond donors (Lipinski definition) is 0. The first-order valence-corrected chi connectivity index (χ1v) is 5.12. The van der Waals surface area contributed by atoms with Gasteiger partial charge in [-0.15, -0.1) is 0 Å². The van der Waals surface area contributed by atoms with E-state index in [1.165, 1.54) is 0 Å². The molecule has 3 nitrogen and oxygen atoms in total. The van der Waals surface area contributed by atoms with Crippen LogP contribution in [0.3, 0.4) is 0 Å². The molecule has 1 aromatic heterocycles. The van der Waals surface area contributed by atoms with Crippen molar-refractivity contribution >= 4 is 17.6 Å². The number of pyridine rings is 1. The summed E-state index contributed by atoms with van der Waals surface area (Å²) in [5.74, 6) is -1.97. The van der Waals surface area contributed by atoms with E-state index in [1.807, 2.05) is 0 Å². The van der Waals surface area contributed by atoms with Crippen LogP contribution in [0.15, 0.2) is 6.07 Å². The second-order valence-electron chi connectivity index (χ2n) is 3.09. The van der Waals surface area contributed by atoms with Gasteiger partial charge in [-0.2, -0.15) is 4.39 Å². The maximum atomic E-state index is 13.3. The highest BCUT2D eigenvalue weighted by Gasteiger charge is 2.21. The number of carbonyl (C=O) groups excluding carboxylic acids is 1. The monoisotopic (exact) mass is 267 g/mol. The lowest BCUT2D eigenvalue weighted by Crippen LogP contribution is -2.12. The van der Waals surface area contributed by atoms with Crippen molar-refractivity contribution in [3.8, 4) is 0 Å². The summed E-state index contributed by atoms with van der Waals surface area (Å²) in [4.78, 5) is 14.3. The van der Waals surface area contributed by atoms with E-state index in [2.05, 4.69) is 9.72 Å². The van der Waals surface area contributed by atoms with Gasteiger partial charge in [0, 0.05) is 11.1 Å². The van der Waals surface area contributed by atoms with Gasteiger partial charge in [0.1, 0.15) is 5.15 Å². The molecular weight excluding hydrogens is 259 g/mol. The summed E-state index contributed by atoms with van der Waals surface area (Å²) < 4.78 is 43.1. The number of esters is 1. The Kier molecular flexibility index (Phi) is 4.74. The first-order chi connectivity index (χ1) is 7.95. The average Bonchev–Trinajstić information content (AvgIpc) is 2.21. The van der Waals surface area contributed by atoms with Gasteiger partial charge in [-0.25, -0.2) is 13.8 Å². The van der Waals surface area contributed by atoms with E-state index in [9.17, 15) is 18.0 Å². The van der Waals surface area contributed by atoms with Gasteiger partial charge in [-0.1, -0.05) is 11.6 Å². The molecule has 0 bridgehead atoms. The van der Waals surface area contributed by atoms with Crippen LogP contribution in [-0.4, -0.2) is 17.6 Å². The van der Waals surface area contributed by atoms with Crippen LogP contribution in [0.4, 0.5) is 13.2 Å². The highest BCUT2D eigenvalue weighted by molar-refractivity contribution is 6.29. The zero-order valence-corrected chi connectivity index (χ0v) is 9.60. The van der Waals surface area contributed by atoms with Crippen molar-refractivity contribution in [3.63, 3.8) is 0 Å². The molecule has 0 aromatic carbocycles. The van der Waals surface area contributed by atoms with E-state index in [-0.39, 0.29) is 11.8 Å². The molecule has 0 N–H and O–H groups in total. The molecule has 0 amide bonds. The Morgan fingerprint density at radius 3 is 2.76 bits per heavy atom. The van der Waals surface area contributed by atoms with Crippen LogP contribution < -0.4 is 0 Å². The van der Waals surface area contributed by atoms with Crippen LogP contribution >= 0.6 is 11.6 Å². The second kappa shape index (κ2) is 5.86. The highest BCUT2D eigenvalue weighted by atomic mass is 35.5. The minimum Gasteiger partial charge on any atom is -0.466 e. The van der Waals surface area contributed by atoms with Crippen molar-refractivity contribution in [2.45, 2.75) is 19.8 Å². The number of aromatic nitrogens is 1.